The minimum Gasteiger partial charge on any atom is -0.494 e. The van der Waals surface area contributed by atoms with Crippen LogP contribution in [0.5, 0.6) is 5.75 Å². The molecule has 1 unspecified atom stereocenters. The number of aryl methyl sites for hydroxylation is 1. The number of hydrogen-bond acceptors (Lipinski definition) is 5. The number of halogens is 1. The van der Waals surface area contributed by atoms with Gasteiger partial charge in [-0.25, -0.2) is 4.39 Å². The SMILES string of the molecule is COc1ccc(CN2CCN(C(C)C(=O)c3[nH]c(C)c(C(C)=O)c3C)CC2)cc1F. The van der Waals surface area contributed by atoms with E-state index in [0.29, 0.717) is 17.8 Å². The van der Waals surface area contributed by atoms with Gasteiger partial charge in [0.15, 0.2) is 23.1 Å². The van der Waals surface area contributed by atoms with Crippen molar-refractivity contribution in [2.24, 2.45) is 0 Å². The van der Waals surface area contributed by atoms with E-state index in [0.717, 1.165) is 43.0 Å². The van der Waals surface area contributed by atoms with Crippen LogP contribution < -0.4 is 4.74 Å². The number of ketones is 2. The number of ether oxygens (including phenoxy) is 1. The molecule has 1 aliphatic rings. The van der Waals surface area contributed by atoms with Crippen LogP contribution in [-0.2, 0) is 6.54 Å². The van der Waals surface area contributed by atoms with Gasteiger partial charge < -0.3 is 9.72 Å². The van der Waals surface area contributed by atoms with Gasteiger partial charge in [0.05, 0.1) is 18.8 Å². The second-order valence-electron chi connectivity index (χ2n) is 8.00. The van der Waals surface area contributed by atoms with Gasteiger partial charge in [0.1, 0.15) is 0 Å². The zero-order valence-electron chi connectivity index (χ0n) is 18.3. The summed E-state index contributed by atoms with van der Waals surface area (Å²) in [5, 5.41) is 0. The van der Waals surface area contributed by atoms with E-state index in [1.54, 1.807) is 6.07 Å². The number of Topliss-reactive ketones (excluding diaryl/α,β-unsaturated/α-hetero) is 2. The van der Waals surface area contributed by atoms with Crippen LogP contribution in [0.1, 0.15) is 51.5 Å². The Labute approximate surface area is 177 Å². The Kier molecular flexibility index (Phi) is 6.73. The monoisotopic (exact) mass is 415 g/mol. The lowest BCUT2D eigenvalue weighted by atomic mass is 10.0. The number of benzene rings is 1. The third kappa shape index (κ3) is 4.47. The molecule has 2 aromatic rings. The second kappa shape index (κ2) is 9.10. The number of hydrogen-bond donors (Lipinski definition) is 1. The largest absolute Gasteiger partial charge is 0.494 e. The number of rotatable bonds is 7. The molecule has 0 radical (unpaired) electrons. The molecule has 1 aromatic heterocycles. The lowest BCUT2D eigenvalue weighted by Crippen LogP contribution is -2.51. The van der Waals surface area contributed by atoms with Crippen LogP contribution in [0.15, 0.2) is 18.2 Å². The highest BCUT2D eigenvalue weighted by atomic mass is 19.1. The molecule has 0 bridgehead atoms. The smallest absolute Gasteiger partial charge is 0.196 e. The summed E-state index contributed by atoms with van der Waals surface area (Å²) in [5.41, 5.74) is 3.52. The van der Waals surface area contributed by atoms with E-state index in [4.69, 9.17) is 4.74 Å². The molecule has 1 saturated heterocycles. The van der Waals surface area contributed by atoms with Crippen molar-refractivity contribution in [1.29, 1.82) is 0 Å². The molecule has 6 nitrogen and oxygen atoms in total. The minimum absolute atomic E-state index is 0.00813. The highest BCUT2D eigenvalue weighted by Gasteiger charge is 2.29. The summed E-state index contributed by atoms with van der Waals surface area (Å²) in [4.78, 5) is 32.5. The van der Waals surface area contributed by atoms with Gasteiger partial charge in [-0.3, -0.25) is 19.4 Å². The van der Waals surface area contributed by atoms with Gasteiger partial charge in [-0.2, -0.15) is 0 Å². The van der Waals surface area contributed by atoms with Crippen molar-refractivity contribution in [3.8, 4) is 5.75 Å². The number of piperazine rings is 1. The first kappa shape index (κ1) is 22.2. The van der Waals surface area contributed by atoms with Crippen LogP contribution in [0.25, 0.3) is 0 Å². The summed E-state index contributed by atoms with van der Waals surface area (Å²) in [7, 11) is 1.46. The Hall–Kier alpha value is -2.51. The fourth-order valence-corrected chi connectivity index (χ4v) is 4.27. The van der Waals surface area contributed by atoms with E-state index in [-0.39, 0.29) is 29.2 Å². The maximum absolute atomic E-state index is 13.9. The summed E-state index contributed by atoms with van der Waals surface area (Å²) in [5.74, 6) is -0.126. The number of H-pyrrole nitrogens is 1. The minimum atomic E-state index is -0.352. The van der Waals surface area contributed by atoms with Crippen LogP contribution in [0, 0.1) is 19.7 Å². The molecule has 0 spiro atoms. The molecule has 7 heteroatoms. The number of aromatic amines is 1. The molecule has 162 valence electrons. The van der Waals surface area contributed by atoms with Crippen molar-refractivity contribution in [2.45, 2.75) is 40.3 Å². The van der Waals surface area contributed by atoms with E-state index in [9.17, 15) is 14.0 Å². The molecule has 1 aromatic carbocycles. The highest BCUT2D eigenvalue weighted by Crippen LogP contribution is 2.22. The van der Waals surface area contributed by atoms with E-state index in [2.05, 4.69) is 14.8 Å². The van der Waals surface area contributed by atoms with Gasteiger partial charge in [0, 0.05) is 44.0 Å². The van der Waals surface area contributed by atoms with E-state index in [1.807, 2.05) is 26.8 Å². The van der Waals surface area contributed by atoms with Crippen LogP contribution in [0.4, 0.5) is 4.39 Å². The fraction of sp³-hybridized carbons (Fsp3) is 0.478. The highest BCUT2D eigenvalue weighted by molar-refractivity contribution is 6.05. The molecular weight excluding hydrogens is 385 g/mol. The van der Waals surface area contributed by atoms with Crippen LogP contribution in [0.2, 0.25) is 0 Å². The Morgan fingerprint density at radius 3 is 2.40 bits per heavy atom. The van der Waals surface area contributed by atoms with E-state index >= 15 is 0 Å². The summed E-state index contributed by atoms with van der Waals surface area (Å²) in [6, 6.07) is 4.77. The van der Waals surface area contributed by atoms with E-state index in [1.165, 1.54) is 20.1 Å². The molecule has 0 saturated carbocycles. The lowest BCUT2D eigenvalue weighted by molar-refractivity contribution is 0.0682. The zero-order chi connectivity index (χ0) is 22.0. The summed E-state index contributed by atoms with van der Waals surface area (Å²) in [6.07, 6.45) is 0. The molecule has 30 heavy (non-hydrogen) atoms. The van der Waals surface area contributed by atoms with Gasteiger partial charge in [-0.15, -0.1) is 0 Å². The molecule has 1 atom stereocenters. The molecule has 1 aliphatic heterocycles. The maximum Gasteiger partial charge on any atom is 0.196 e. The standard InChI is InChI=1S/C23H30FN3O3/c1-14-21(17(4)28)15(2)25-22(14)23(29)16(3)27-10-8-26(9-11-27)13-18-6-7-20(30-5)19(24)12-18/h6-7,12,16,25H,8-11,13H2,1-5H3. The first-order chi connectivity index (χ1) is 14.2. The molecule has 2 heterocycles. The lowest BCUT2D eigenvalue weighted by Gasteiger charge is -2.37. The number of carbonyl (C=O) groups excluding carboxylic acids is 2. The van der Waals surface area contributed by atoms with Crippen molar-refractivity contribution in [2.75, 3.05) is 33.3 Å². The number of nitrogens with zero attached hydrogens (tertiary/aromatic N) is 2. The van der Waals surface area contributed by atoms with Crippen LogP contribution in [-0.4, -0.2) is 65.7 Å². The summed E-state index contributed by atoms with van der Waals surface area (Å²) < 4.78 is 18.9. The third-order valence-corrected chi connectivity index (χ3v) is 5.99. The Balaban J connectivity index is 1.61. The number of carbonyl (C=O) groups is 2. The van der Waals surface area contributed by atoms with Crippen molar-refractivity contribution < 1.29 is 18.7 Å². The van der Waals surface area contributed by atoms with Gasteiger partial charge in [0.25, 0.3) is 0 Å². The average Bonchev–Trinajstić information content (AvgIpc) is 3.01. The summed E-state index contributed by atoms with van der Waals surface area (Å²) >= 11 is 0. The molecule has 0 aliphatic carbocycles. The van der Waals surface area contributed by atoms with Crippen molar-refractivity contribution >= 4 is 11.6 Å². The zero-order valence-corrected chi connectivity index (χ0v) is 18.3. The Morgan fingerprint density at radius 2 is 1.87 bits per heavy atom. The molecule has 0 amide bonds. The Morgan fingerprint density at radius 1 is 1.20 bits per heavy atom. The molecule has 3 rings (SSSR count). The van der Waals surface area contributed by atoms with Crippen LogP contribution in [0.3, 0.4) is 0 Å². The predicted molar refractivity (Wildman–Crippen MR) is 114 cm³/mol. The van der Waals surface area contributed by atoms with Gasteiger partial charge in [-0.05, 0) is 51.0 Å². The topological polar surface area (TPSA) is 65.6 Å². The number of nitrogens with one attached hydrogen (secondary N) is 1. The van der Waals surface area contributed by atoms with Crippen LogP contribution >= 0.6 is 0 Å². The number of methoxy groups -OCH3 is 1. The van der Waals surface area contributed by atoms with Crippen molar-refractivity contribution in [1.82, 2.24) is 14.8 Å². The van der Waals surface area contributed by atoms with Gasteiger partial charge in [-0.1, -0.05) is 6.07 Å². The maximum atomic E-state index is 13.9. The average molecular weight is 416 g/mol. The second-order valence-corrected chi connectivity index (χ2v) is 8.00. The predicted octanol–water partition coefficient (Wildman–Crippen LogP) is 3.37. The van der Waals surface area contributed by atoms with Crippen molar-refractivity contribution in [3.05, 3.63) is 52.1 Å². The Bertz CT molecular complexity index is 945. The molecule has 1 N–H and O–H groups in total. The normalized spacial score (nSPS) is 16.5. The van der Waals surface area contributed by atoms with Crippen molar-refractivity contribution in [3.63, 3.8) is 0 Å². The van der Waals surface area contributed by atoms with Gasteiger partial charge >= 0.3 is 0 Å². The van der Waals surface area contributed by atoms with E-state index < -0.39 is 0 Å². The first-order valence-corrected chi connectivity index (χ1v) is 10.3. The van der Waals surface area contributed by atoms with Gasteiger partial charge in [0.2, 0.25) is 0 Å². The third-order valence-electron chi connectivity index (χ3n) is 5.99. The molecule has 1 fully saturated rings. The fourth-order valence-electron chi connectivity index (χ4n) is 4.27. The molecular formula is C23H30FN3O3. The quantitative estimate of drug-likeness (QED) is 0.703. The first-order valence-electron chi connectivity index (χ1n) is 10.3. The summed E-state index contributed by atoms with van der Waals surface area (Å²) in [6.45, 7) is 10.9. The number of aromatic nitrogens is 1.